The van der Waals surface area contributed by atoms with Gasteiger partial charge in [-0.3, -0.25) is 14.9 Å². The third kappa shape index (κ3) is 4.29. The van der Waals surface area contributed by atoms with Crippen molar-refractivity contribution in [2.24, 2.45) is 0 Å². The summed E-state index contributed by atoms with van der Waals surface area (Å²) < 4.78 is 1.77. The molecule has 2 aliphatic heterocycles. The van der Waals surface area contributed by atoms with Crippen LogP contribution in [0.15, 0.2) is 17.1 Å². The van der Waals surface area contributed by atoms with Crippen LogP contribution in [-0.2, 0) is 5.54 Å². The van der Waals surface area contributed by atoms with E-state index in [0.29, 0.717) is 35.9 Å². The predicted octanol–water partition coefficient (Wildman–Crippen LogP) is 4.13. The molecule has 9 heteroatoms. The highest BCUT2D eigenvalue weighted by Gasteiger charge is 2.33. The first-order valence-corrected chi connectivity index (χ1v) is 12.1. The molecule has 9 nitrogen and oxygen atoms in total. The number of fused-ring (bicyclic) bond motifs is 1. The third-order valence-electron chi connectivity index (χ3n) is 7.32. The standard InChI is InChI=1S/C25H34N4O5/c1-16-21-18(23(30)19(24(31)32)15-28(21)25(2,3)4)14-20(29(33)34)22(16)27-12-8-17(9-13-27)26-10-6-5-7-11-26/h14-15,17H,5-13H2,1-4H3,(H,31,32). The van der Waals surface area contributed by atoms with Crippen molar-refractivity contribution in [1.82, 2.24) is 9.47 Å². The van der Waals surface area contributed by atoms with E-state index in [-0.39, 0.29) is 16.6 Å². The van der Waals surface area contributed by atoms with E-state index in [2.05, 4.69) is 9.80 Å². The van der Waals surface area contributed by atoms with Gasteiger partial charge in [-0.15, -0.1) is 0 Å². The molecule has 2 aromatic rings. The van der Waals surface area contributed by atoms with Crippen molar-refractivity contribution < 1.29 is 14.8 Å². The highest BCUT2D eigenvalue weighted by atomic mass is 16.6. The van der Waals surface area contributed by atoms with Crippen molar-refractivity contribution in [2.75, 3.05) is 31.1 Å². The summed E-state index contributed by atoms with van der Waals surface area (Å²) in [6.45, 7) is 11.3. The zero-order valence-corrected chi connectivity index (χ0v) is 20.5. The minimum atomic E-state index is -1.34. The molecule has 0 saturated carbocycles. The first-order chi connectivity index (χ1) is 16.0. The van der Waals surface area contributed by atoms with Gasteiger partial charge in [0.25, 0.3) is 5.69 Å². The SMILES string of the molecule is Cc1c(N2CCC(N3CCCCC3)CC2)c([N+](=O)[O-])cc2c(=O)c(C(=O)O)cn(C(C)(C)C)c12. The maximum absolute atomic E-state index is 13.0. The number of nitrogens with zero attached hydrogens (tertiary/aromatic N) is 4. The number of hydrogen-bond donors (Lipinski definition) is 1. The minimum Gasteiger partial charge on any atom is -0.477 e. The summed E-state index contributed by atoms with van der Waals surface area (Å²) in [5, 5.41) is 21.8. The van der Waals surface area contributed by atoms with Crippen LogP contribution in [0.25, 0.3) is 10.9 Å². The summed E-state index contributed by atoms with van der Waals surface area (Å²) in [6, 6.07) is 1.79. The molecule has 2 aliphatic rings. The highest BCUT2D eigenvalue weighted by Crippen LogP contribution is 2.39. The second-order valence-corrected chi connectivity index (χ2v) is 10.6. The molecular formula is C25H34N4O5. The van der Waals surface area contributed by atoms with Crippen molar-refractivity contribution in [3.05, 3.63) is 43.7 Å². The smallest absolute Gasteiger partial charge is 0.341 e. The van der Waals surface area contributed by atoms with Crippen LogP contribution in [0.4, 0.5) is 11.4 Å². The highest BCUT2D eigenvalue weighted by molar-refractivity contribution is 5.97. The summed E-state index contributed by atoms with van der Waals surface area (Å²) in [6.07, 6.45) is 7.02. The third-order valence-corrected chi connectivity index (χ3v) is 7.32. The number of anilines is 1. The predicted molar refractivity (Wildman–Crippen MR) is 132 cm³/mol. The number of benzene rings is 1. The number of carboxylic acids is 1. The van der Waals surface area contributed by atoms with Crippen molar-refractivity contribution in [3.8, 4) is 0 Å². The molecule has 0 radical (unpaired) electrons. The van der Waals surface area contributed by atoms with Gasteiger partial charge in [-0.1, -0.05) is 6.42 Å². The number of pyridine rings is 1. The second kappa shape index (κ2) is 9.02. The van der Waals surface area contributed by atoms with Crippen LogP contribution < -0.4 is 10.3 Å². The van der Waals surface area contributed by atoms with Gasteiger partial charge in [-0.25, -0.2) is 4.79 Å². The molecule has 2 saturated heterocycles. The van der Waals surface area contributed by atoms with Crippen LogP contribution in [0.3, 0.4) is 0 Å². The maximum atomic E-state index is 13.0. The Hall–Kier alpha value is -2.94. The number of aryl methyl sites for hydroxylation is 1. The number of aromatic nitrogens is 1. The molecule has 0 unspecified atom stereocenters. The lowest BCUT2D eigenvalue weighted by molar-refractivity contribution is -0.384. The van der Waals surface area contributed by atoms with Crippen LogP contribution in [0.2, 0.25) is 0 Å². The molecule has 0 atom stereocenters. The Labute approximate surface area is 199 Å². The molecule has 34 heavy (non-hydrogen) atoms. The fourth-order valence-corrected chi connectivity index (χ4v) is 5.62. The van der Waals surface area contributed by atoms with Gasteiger partial charge in [-0.05, 0) is 66.5 Å². The van der Waals surface area contributed by atoms with Crippen molar-refractivity contribution in [3.63, 3.8) is 0 Å². The zero-order valence-electron chi connectivity index (χ0n) is 20.5. The van der Waals surface area contributed by atoms with Gasteiger partial charge in [0, 0.05) is 42.5 Å². The summed E-state index contributed by atoms with van der Waals surface area (Å²) >= 11 is 0. The number of nitro groups is 1. The van der Waals surface area contributed by atoms with Crippen molar-refractivity contribution >= 4 is 28.2 Å². The Morgan fingerprint density at radius 1 is 1.12 bits per heavy atom. The summed E-state index contributed by atoms with van der Waals surface area (Å²) in [5.74, 6) is -1.34. The van der Waals surface area contributed by atoms with Crippen LogP contribution >= 0.6 is 0 Å². The Morgan fingerprint density at radius 2 is 1.74 bits per heavy atom. The van der Waals surface area contributed by atoms with E-state index >= 15 is 0 Å². The number of carboxylic acid groups (broad SMARTS) is 1. The number of nitro benzene ring substituents is 1. The average molecular weight is 471 g/mol. The molecule has 2 fully saturated rings. The zero-order chi connectivity index (χ0) is 24.8. The molecule has 0 bridgehead atoms. The Bertz CT molecular complexity index is 1180. The number of rotatable bonds is 4. The van der Waals surface area contributed by atoms with Gasteiger partial charge in [0.05, 0.1) is 15.8 Å². The van der Waals surface area contributed by atoms with Crippen molar-refractivity contribution in [2.45, 2.75) is 71.4 Å². The molecule has 4 rings (SSSR count). The fourth-order valence-electron chi connectivity index (χ4n) is 5.62. The number of piperidine rings is 2. The lowest BCUT2D eigenvalue weighted by Crippen LogP contribution is -2.47. The number of hydrogen-bond acceptors (Lipinski definition) is 6. The molecule has 0 aliphatic carbocycles. The van der Waals surface area contributed by atoms with E-state index < -0.39 is 21.9 Å². The van der Waals surface area contributed by atoms with Crippen LogP contribution in [0.1, 0.15) is 68.8 Å². The topological polar surface area (TPSA) is 109 Å². The molecule has 1 N–H and O–H groups in total. The van der Waals surface area contributed by atoms with E-state index in [0.717, 1.165) is 25.9 Å². The van der Waals surface area contributed by atoms with Crippen molar-refractivity contribution in [1.29, 1.82) is 0 Å². The van der Waals surface area contributed by atoms with Crippen LogP contribution in [-0.4, -0.2) is 57.7 Å². The van der Waals surface area contributed by atoms with Gasteiger partial charge in [0.15, 0.2) is 0 Å². The van der Waals surface area contributed by atoms with Gasteiger partial charge in [-0.2, -0.15) is 0 Å². The normalized spacial score (nSPS) is 18.4. The first-order valence-electron chi connectivity index (χ1n) is 12.1. The van der Waals surface area contributed by atoms with Gasteiger partial charge in [0.1, 0.15) is 11.3 Å². The molecule has 1 aromatic carbocycles. The minimum absolute atomic E-state index is 0.0750. The molecule has 184 valence electrons. The van der Waals surface area contributed by atoms with E-state index in [1.54, 1.807) is 4.57 Å². The summed E-state index contributed by atoms with van der Waals surface area (Å²) in [7, 11) is 0. The number of aromatic carboxylic acids is 1. The number of carbonyl (C=O) groups is 1. The van der Waals surface area contributed by atoms with Crippen LogP contribution in [0.5, 0.6) is 0 Å². The Kier molecular flexibility index (Phi) is 6.42. The molecular weight excluding hydrogens is 436 g/mol. The van der Waals surface area contributed by atoms with Gasteiger partial charge >= 0.3 is 5.97 Å². The Morgan fingerprint density at radius 3 is 2.26 bits per heavy atom. The van der Waals surface area contributed by atoms with E-state index in [9.17, 15) is 24.8 Å². The maximum Gasteiger partial charge on any atom is 0.341 e. The number of likely N-dealkylation sites (tertiary alicyclic amines) is 1. The summed E-state index contributed by atoms with van der Waals surface area (Å²) in [4.78, 5) is 41.1. The molecule has 3 heterocycles. The van der Waals surface area contributed by atoms with Crippen LogP contribution in [0, 0.1) is 17.0 Å². The quantitative estimate of drug-likeness (QED) is 0.529. The van der Waals surface area contributed by atoms with Gasteiger partial charge in [0.2, 0.25) is 5.43 Å². The summed E-state index contributed by atoms with van der Waals surface area (Å²) in [5.41, 5.74) is -0.00606. The second-order valence-electron chi connectivity index (χ2n) is 10.6. The molecule has 0 spiro atoms. The van der Waals surface area contributed by atoms with E-state index in [4.69, 9.17) is 0 Å². The van der Waals surface area contributed by atoms with E-state index in [1.165, 1.54) is 31.5 Å². The first kappa shape index (κ1) is 24.2. The fraction of sp³-hybridized carbons (Fsp3) is 0.600. The molecule has 0 amide bonds. The Balaban J connectivity index is 1.84. The lowest BCUT2D eigenvalue weighted by atomic mass is 9.96. The monoisotopic (exact) mass is 470 g/mol. The van der Waals surface area contributed by atoms with Gasteiger partial charge < -0.3 is 19.5 Å². The average Bonchev–Trinajstić information content (AvgIpc) is 2.79. The lowest BCUT2D eigenvalue weighted by Gasteiger charge is -2.41. The molecule has 1 aromatic heterocycles. The van der Waals surface area contributed by atoms with E-state index in [1.807, 2.05) is 27.7 Å². The largest absolute Gasteiger partial charge is 0.477 e.